The standard InChI is InChI=1S/C14H14ClFN4O3S/c15-8-5-9(16)10(6-11(8)24-7-12(21)22)17-13-18-14(23)20-4-2-1-3-19(13)20/h5-6H,1-4,7H2,(H,21,22)(H,17,18,23). The van der Waals surface area contributed by atoms with Crippen LogP contribution < -0.4 is 11.0 Å². The van der Waals surface area contributed by atoms with Crippen LogP contribution in [-0.2, 0) is 17.9 Å². The second-order valence-electron chi connectivity index (χ2n) is 5.24. The Hall–Kier alpha value is -2.00. The van der Waals surface area contributed by atoms with Gasteiger partial charge in [-0.15, -0.1) is 11.8 Å². The van der Waals surface area contributed by atoms with Gasteiger partial charge in [0.1, 0.15) is 5.82 Å². The minimum absolute atomic E-state index is 0.0891. The smallest absolute Gasteiger partial charge is 0.365 e. The number of carbonyl (C=O) groups is 1. The Morgan fingerprint density at radius 3 is 2.79 bits per heavy atom. The summed E-state index contributed by atoms with van der Waals surface area (Å²) < 4.78 is 17.4. The third-order valence-electron chi connectivity index (χ3n) is 3.57. The van der Waals surface area contributed by atoms with Crippen LogP contribution in [0.15, 0.2) is 21.8 Å². The largest absolute Gasteiger partial charge is 0.481 e. The van der Waals surface area contributed by atoms with Crippen molar-refractivity contribution in [3.8, 4) is 0 Å². The van der Waals surface area contributed by atoms with Crippen LogP contribution in [0, 0.1) is 5.82 Å². The normalized spacial score (nSPS) is 13.6. The van der Waals surface area contributed by atoms with Crippen LogP contribution >= 0.6 is 23.4 Å². The highest BCUT2D eigenvalue weighted by molar-refractivity contribution is 8.00. The number of aromatic nitrogens is 3. The Kier molecular flexibility index (Phi) is 4.81. The summed E-state index contributed by atoms with van der Waals surface area (Å²) in [5.74, 6) is -1.53. The third-order valence-corrected chi connectivity index (χ3v) is 5.03. The summed E-state index contributed by atoms with van der Waals surface area (Å²) in [6.07, 6.45) is 1.81. The summed E-state index contributed by atoms with van der Waals surface area (Å²) in [6.45, 7) is 1.20. The molecule has 1 aliphatic heterocycles. The molecule has 0 radical (unpaired) electrons. The summed E-state index contributed by atoms with van der Waals surface area (Å²) in [6, 6.07) is 2.53. The number of hydrogen-bond acceptors (Lipinski definition) is 5. The molecule has 0 saturated carbocycles. The van der Waals surface area contributed by atoms with Crippen LogP contribution in [0.25, 0.3) is 0 Å². The molecule has 0 atom stereocenters. The van der Waals surface area contributed by atoms with E-state index in [1.165, 1.54) is 10.7 Å². The van der Waals surface area contributed by atoms with Gasteiger partial charge in [-0.3, -0.25) is 4.79 Å². The van der Waals surface area contributed by atoms with Crippen LogP contribution in [-0.4, -0.2) is 31.2 Å². The first kappa shape index (κ1) is 16.8. The highest BCUT2D eigenvalue weighted by Crippen LogP contribution is 2.33. The fraction of sp³-hybridized carbons (Fsp3) is 0.357. The highest BCUT2D eigenvalue weighted by Gasteiger charge is 2.18. The SMILES string of the molecule is O=C(O)CSc1cc(Nc2nc(=O)n3n2CCCC3)c(F)cc1Cl. The number of benzene rings is 1. The second kappa shape index (κ2) is 6.86. The molecule has 7 nitrogen and oxygen atoms in total. The van der Waals surface area contributed by atoms with Crippen LogP contribution in [0.4, 0.5) is 16.0 Å². The van der Waals surface area contributed by atoms with Gasteiger partial charge in [-0.2, -0.15) is 4.98 Å². The lowest BCUT2D eigenvalue weighted by molar-refractivity contribution is -0.133. The number of aliphatic carboxylic acids is 1. The summed E-state index contributed by atoms with van der Waals surface area (Å²) in [5, 5.41) is 11.7. The molecule has 1 aliphatic rings. The number of rotatable bonds is 5. The zero-order chi connectivity index (χ0) is 17.3. The molecule has 10 heteroatoms. The third kappa shape index (κ3) is 3.41. The minimum atomic E-state index is -0.996. The number of carboxylic acid groups (broad SMARTS) is 1. The first-order valence-electron chi connectivity index (χ1n) is 7.24. The van der Waals surface area contributed by atoms with Gasteiger partial charge in [0.2, 0.25) is 5.95 Å². The predicted octanol–water partition coefficient (Wildman–Crippen LogP) is 2.55. The van der Waals surface area contributed by atoms with Crippen LogP contribution in [0.5, 0.6) is 0 Å². The molecular formula is C14H14ClFN4O3S. The first-order valence-corrected chi connectivity index (χ1v) is 8.60. The van der Waals surface area contributed by atoms with Gasteiger partial charge in [0.15, 0.2) is 0 Å². The van der Waals surface area contributed by atoms with Gasteiger partial charge in [0, 0.05) is 18.0 Å². The van der Waals surface area contributed by atoms with E-state index in [4.69, 9.17) is 16.7 Å². The molecule has 3 rings (SSSR count). The number of carboxylic acids is 1. The Labute approximate surface area is 145 Å². The fourth-order valence-electron chi connectivity index (χ4n) is 2.48. The molecule has 0 saturated heterocycles. The van der Waals surface area contributed by atoms with Gasteiger partial charge >= 0.3 is 11.7 Å². The van der Waals surface area contributed by atoms with Gasteiger partial charge in [0.05, 0.1) is 16.5 Å². The van der Waals surface area contributed by atoms with Crippen LogP contribution in [0.2, 0.25) is 5.02 Å². The van der Waals surface area contributed by atoms with Crippen molar-refractivity contribution < 1.29 is 14.3 Å². The summed E-state index contributed by atoms with van der Waals surface area (Å²) in [4.78, 5) is 26.9. The molecule has 24 heavy (non-hydrogen) atoms. The van der Waals surface area contributed by atoms with E-state index in [-0.39, 0.29) is 28.1 Å². The Bertz CT molecular complexity index is 851. The van der Waals surface area contributed by atoms with E-state index < -0.39 is 11.8 Å². The quantitative estimate of drug-likeness (QED) is 0.784. The number of nitrogens with one attached hydrogen (secondary N) is 1. The van der Waals surface area contributed by atoms with Crippen LogP contribution in [0.1, 0.15) is 12.8 Å². The number of anilines is 2. The molecule has 0 aliphatic carbocycles. The van der Waals surface area contributed by atoms with E-state index in [2.05, 4.69) is 10.3 Å². The first-order chi connectivity index (χ1) is 11.5. The number of fused-ring (bicyclic) bond motifs is 1. The molecular weight excluding hydrogens is 359 g/mol. The van der Waals surface area contributed by atoms with Gasteiger partial charge in [-0.05, 0) is 25.0 Å². The Morgan fingerprint density at radius 2 is 2.08 bits per heavy atom. The van der Waals surface area contributed by atoms with E-state index in [1.54, 1.807) is 4.68 Å². The van der Waals surface area contributed by atoms with Crippen molar-refractivity contribution in [1.29, 1.82) is 0 Å². The second-order valence-corrected chi connectivity index (χ2v) is 6.67. The number of nitrogens with zero attached hydrogens (tertiary/aromatic N) is 3. The lowest BCUT2D eigenvalue weighted by atomic mass is 10.3. The molecule has 1 aromatic heterocycles. The lowest BCUT2D eigenvalue weighted by Gasteiger charge is -2.18. The van der Waals surface area contributed by atoms with E-state index in [9.17, 15) is 14.0 Å². The number of thioether (sulfide) groups is 1. The fourth-order valence-corrected chi connectivity index (χ4v) is 3.47. The van der Waals surface area contributed by atoms with Gasteiger partial charge in [-0.1, -0.05) is 11.6 Å². The van der Waals surface area contributed by atoms with Crippen molar-refractivity contribution in [2.45, 2.75) is 30.8 Å². The predicted molar refractivity (Wildman–Crippen MR) is 88.8 cm³/mol. The zero-order valence-electron chi connectivity index (χ0n) is 12.5. The minimum Gasteiger partial charge on any atom is -0.481 e. The van der Waals surface area contributed by atoms with Gasteiger partial charge in [0.25, 0.3) is 0 Å². The van der Waals surface area contributed by atoms with E-state index in [1.807, 2.05) is 0 Å². The molecule has 2 aromatic rings. The number of halogens is 2. The summed E-state index contributed by atoms with van der Waals surface area (Å²) in [7, 11) is 0. The average Bonchev–Trinajstić information content (AvgIpc) is 2.85. The van der Waals surface area contributed by atoms with E-state index >= 15 is 0 Å². The maximum atomic E-state index is 14.2. The molecule has 0 bridgehead atoms. The van der Waals surface area contributed by atoms with Crippen molar-refractivity contribution in [3.05, 3.63) is 33.5 Å². The maximum absolute atomic E-state index is 14.2. The van der Waals surface area contributed by atoms with Crippen molar-refractivity contribution in [1.82, 2.24) is 14.3 Å². The molecule has 0 unspecified atom stereocenters. The number of hydrogen-bond donors (Lipinski definition) is 2. The van der Waals surface area contributed by atoms with E-state index in [0.717, 1.165) is 30.7 Å². The van der Waals surface area contributed by atoms with Gasteiger partial charge in [-0.25, -0.2) is 18.5 Å². The van der Waals surface area contributed by atoms with Crippen molar-refractivity contribution >= 4 is 41.0 Å². The molecule has 128 valence electrons. The molecule has 0 fully saturated rings. The molecule has 1 aromatic carbocycles. The zero-order valence-corrected chi connectivity index (χ0v) is 14.0. The lowest BCUT2D eigenvalue weighted by Crippen LogP contribution is -2.27. The van der Waals surface area contributed by atoms with Crippen molar-refractivity contribution in [2.75, 3.05) is 11.1 Å². The summed E-state index contributed by atoms with van der Waals surface area (Å²) in [5.41, 5.74) is -0.293. The molecule has 2 heterocycles. The molecule has 0 spiro atoms. The highest BCUT2D eigenvalue weighted by atomic mass is 35.5. The monoisotopic (exact) mass is 372 g/mol. The Morgan fingerprint density at radius 1 is 1.38 bits per heavy atom. The van der Waals surface area contributed by atoms with Crippen LogP contribution in [0.3, 0.4) is 0 Å². The molecule has 0 amide bonds. The topological polar surface area (TPSA) is 89.2 Å². The Balaban J connectivity index is 1.91. The summed E-state index contributed by atoms with van der Waals surface area (Å²) >= 11 is 6.94. The van der Waals surface area contributed by atoms with Crippen molar-refractivity contribution in [3.63, 3.8) is 0 Å². The average molecular weight is 373 g/mol. The van der Waals surface area contributed by atoms with Crippen molar-refractivity contribution in [2.24, 2.45) is 0 Å². The molecule has 2 N–H and O–H groups in total. The van der Waals surface area contributed by atoms with Gasteiger partial charge < -0.3 is 10.4 Å². The van der Waals surface area contributed by atoms with E-state index in [0.29, 0.717) is 18.0 Å². The maximum Gasteiger partial charge on any atom is 0.365 e.